The largest absolute Gasteiger partial charge is 0.357 e. The molecule has 0 unspecified atom stereocenters. The van der Waals surface area contributed by atoms with Crippen molar-refractivity contribution < 1.29 is 4.79 Å². The van der Waals surface area contributed by atoms with Crippen molar-refractivity contribution >= 4 is 29.6 Å². The second-order valence-electron chi connectivity index (χ2n) is 7.58. The zero-order valence-corrected chi connectivity index (χ0v) is 20.3. The van der Waals surface area contributed by atoms with Gasteiger partial charge in [0, 0.05) is 38.6 Å². The van der Waals surface area contributed by atoms with Crippen LogP contribution in [-0.4, -0.2) is 41.9 Å². The highest BCUT2D eigenvalue weighted by Crippen LogP contribution is 2.15. The molecule has 0 saturated heterocycles. The quantitative estimate of drug-likeness (QED) is 0.332. The second-order valence-corrected chi connectivity index (χ2v) is 7.58. The van der Waals surface area contributed by atoms with Crippen molar-refractivity contribution in [2.45, 2.75) is 41.5 Å². The highest BCUT2D eigenvalue weighted by Gasteiger charge is 2.05. The van der Waals surface area contributed by atoms with Crippen LogP contribution in [0.5, 0.6) is 0 Å². The molecule has 0 aromatic carbocycles. The fourth-order valence-corrected chi connectivity index (χ4v) is 3.30. The highest BCUT2D eigenvalue weighted by atomic mass is 16.1. The molecule has 32 heavy (non-hydrogen) atoms. The molecule has 0 aliphatic carbocycles. The van der Waals surface area contributed by atoms with Gasteiger partial charge in [-0.25, -0.2) is 9.97 Å². The molecular weight excluding hydrogens is 396 g/mol. The SMILES string of the molecule is CCN(CC)c1ccc(/C=C/C(=O)/C(C)=C(C)/C=C/c2ccc(N(CC)CC)nc2)cn1. The number of rotatable bonds is 11. The van der Waals surface area contributed by atoms with Gasteiger partial charge in [-0.2, -0.15) is 0 Å². The van der Waals surface area contributed by atoms with Gasteiger partial charge in [0.25, 0.3) is 0 Å². The van der Waals surface area contributed by atoms with Crippen molar-refractivity contribution in [2.75, 3.05) is 36.0 Å². The minimum absolute atomic E-state index is 0.00465. The average Bonchev–Trinajstić information content (AvgIpc) is 2.83. The Labute approximate surface area is 193 Å². The maximum Gasteiger partial charge on any atom is 0.181 e. The summed E-state index contributed by atoms with van der Waals surface area (Å²) < 4.78 is 0. The number of carbonyl (C=O) groups is 1. The van der Waals surface area contributed by atoms with Crippen molar-refractivity contribution in [3.63, 3.8) is 0 Å². The standard InChI is InChI=1S/C27H36N4O/c1-7-30(8-2)26-17-14-23(19-28-26)12-11-21(5)22(6)25(32)16-13-24-15-18-27(29-20-24)31(9-3)10-4/h11-20H,7-10H2,1-6H3/b12-11+,16-13+,22-21+. The Hall–Kier alpha value is -3.21. The Morgan fingerprint density at radius 2 is 1.19 bits per heavy atom. The minimum Gasteiger partial charge on any atom is -0.357 e. The number of anilines is 2. The third kappa shape index (κ3) is 6.91. The van der Waals surface area contributed by atoms with E-state index in [2.05, 4.69) is 53.5 Å². The number of hydrogen-bond donors (Lipinski definition) is 0. The summed E-state index contributed by atoms with van der Waals surface area (Å²) in [6, 6.07) is 8.07. The minimum atomic E-state index is -0.00465. The molecule has 5 nitrogen and oxygen atoms in total. The van der Waals surface area contributed by atoms with Crippen LogP contribution in [0.3, 0.4) is 0 Å². The summed E-state index contributed by atoms with van der Waals surface area (Å²) >= 11 is 0. The fraction of sp³-hybridized carbons (Fsp3) is 0.370. The molecule has 0 spiro atoms. The van der Waals surface area contributed by atoms with E-state index in [1.807, 2.05) is 56.5 Å². The van der Waals surface area contributed by atoms with Gasteiger partial charge in [-0.1, -0.05) is 12.2 Å². The first-order valence-electron chi connectivity index (χ1n) is 11.4. The Morgan fingerprint density at radius 1 is 0.750 bits per heavy atom. The summed E-state index contributed by atoms with van der Waals surface area (Å²) in [6.45, 7) is 16.0. The highest BCUT2D eigenvalue weighted by molar-refractivity contribution is 6.06. The molecule has 0 radical (unpaired) electrons. The smallest absolute Gasteiger partial charge is 0.181 e. The Morgan fingerprint density at radius 3 is 1.56 bits per heavy atom. The van der Waals surface area contributed by atoms with Gasteiger partial charge < -0.3 is 9.80 Å². The number of carbonyl (C=O) groups excluding carboxylic acids is 1. The predicted octanol–water partition coefficient (Wildman–Crippen LogP) is 5.80. The lowest BCUT2D eigenvalue weighted by atomic mass is 10.0. The van der Waals surface area contributed by atoms with Crippen LogP contribution in [0.4, 0.5) is 11.6 Å². The first-order chi connectivity index (χ1) is 15.4. The van der Waals surface area contributed by atoms with Gasteiger partial charge in [-0.15, -0.1) is 0 Å². The second kappa shape index (κ2) is 12.6. The Balaban J connectivity index is 2.04. The van der Waals surface area contributed by atoms with Crippen LogP contribution in [0.15, 0.2) is 60.0 Å². The fourth-order valence-electron chi connectivity index (χ4n) is 3.30. The van der Waals surface area contributed by atoms with E-state index in [1.54, 1.807) is 12.3 Å². The molecule has 0 N–H and O–H groups in total. The Kier molecular flexibility index (Phi) is 9.86. The van der Waals surface area contributed by atoms with Crippen molar-refractivity contribution in [1.82, 2.24) is 9.97 Å². The molecule has 2 heterocycles. The molecule has 0 saturated carbocycles. The lowest BCUT2D eigenvalue weighted by Gasteiger charge is -2.19. The zero-order chi connectivity index (χ0) is 23.5. The van der Waals surface area contributed by atoms with Crippen molar-refractivity contribution in [2.24, 2.45) is 0 Å². The Bertz CT molecular complexity index is 948. The maximum atomic E-state index is 12.6. The molecule has 0 amide bonds. The number of allylic oxidation sites excluding steroid dienone is 4. The van der Waals surface area contributed by atoms with Gasteiger partial charge in [-0.05, 0) is 100 Å². The zero-order valence-electron chi connectivity index (χ0n) is 20.3. The van der Waals surface area contributed by atoms with E-state index in [0.29, 0.717) is 0 Å². The van der Waals surface area contributed by atoms with Crippen LogP contribution < -0.4 is 9.80 Å². The van der Waals surface area contributed by atoms with Crippen LogP contribution in [-0.2, 0) is 4.79 Å². The van der Waals surface area contributed by atoms with E-state index < -0.39 is 0 Å². The average molecular weight is 433 g/mol. The van der Waals surface area contributed by atoms with E-state index >= 15 is 0 Å². The third-order valence-electron chi connectivity index (χ3n) is 5.63. The molecule has 0 atom stereocenters. The lowest BCUT2D eigenvalue weighted by Crippen LogP contribution is -2.22. The van der Waals surface area contributed by atoms with Crippen LogP contribution in [0, 0.1) is 0 Å². The van der Waals surface area contributed by atoms with Gasteiger partial charge in [0.2, 0.25) is 0 Å². The lowest BCUT2D eigenvalue weighted by molar-refractivity contribution is -0.111. The van der Waals surface area contributed by atoms with Crippen LogP contribution in [0.25, 0.3) is 12.2 Å². The molecule has 5 heteroatoms. The topological polar surface area (TPSA) is 49.3 Å². The molecule has 0 bridgehead atoms. The number of ketones is 1. The number of hydrogen-bond acceptors (Lipinski definition) is 5. The number of aromatic nitrogens is 2. The van der Waals surface area contributed by atoms with Crippen molar-refractivity contribution in [1.29, 1.82) is 0 Å². The van der Waals surface area contributed by atoms with E-state index in [4.69, 9.17) is 0 Å². The van der Waals surface area contributed by atoms with Gasteiger partial charge in [0.1, 0.15) is 11.6 Å². The van der Waals surface area contributed by atoms with E-state index in [-0.39, 0.29) is 5.78 Å². The summed E-state index contributed by atoms with van der Waals surface area (Å²) in [6.07, 6.45) is 11.1. The van der Waals surface area contributed by atoms with Gasteiger partial charge in [0.05, 0.1) is 0 Å². The summed E-state index contributed by atoms with van der Waals surface area (Å²) in [7, 11) is 0. The maximum absolute atomic E-state index is 12.6. The van der Waals surface area contributed by atoms with E-state index in [9.17, 15) is 4.79 Å². The van der Waals surface area contributed by atoms with Crippen molar-refractivity contribution in [3.8, 4) is 0 Å². The van der Waals surface area contributed by atoms with Gasteiger partial charge >= 0.3 is 0 Å². The summed E-state index contributed by atoms with van der Waals surface area (Å²) in [5.41, 5.74) is 3.57. The van der Waals surface area contributed by atoms with Crippen LogP contribution >= 0.6 is 0 Å². The summed E-state index contributed by atoms with van der Waals surface area (Å²) in [4.78, 5) is 26.0. The molecular formula is C27H36N4O. The predicted molar refractivity (Wildman–Crippen MR) is 137 cm³/mol. The molecule has 2 aromatic heterocycles. The van der Waals surface area contributed by atoms with Gasteiger partial charge in [-0.3, -0.25) is 4.79 Å². The van der Waals surface area contributed by atoms with E-state index in [1.165, 1.54) is 0 Å². The first kappa shape index (κ1) is 25.1. The van der Waals surface area contributed by atoms with Crippen molar-refractivity contribution in [3.05, 3.63) is 71.1 Å². The molecule has 2 aromatic rings. The molecule has 0 fully saturated rings. The first-order valence-corrected chi connectivity index (χ1v) is 11.4. The van der Waals surface area contributed by atoms with E-state index in [0.717, 1.165) is 60.1 Å². The van der Waals surface area contributed by atoms with Crippen LogP contribution in [0.2, 0.25) is 0 Å². The molecule has 0 aliphatic heterocycles. The van der Waals surface area contributed by atoms with Gasteiger partial charge in [0.15, 0.2) is 5.78 Å². The van der Waals surface area contributed by atoms with Crippen LogP contribution in [0.1, 0.15) is 52.7 Å². The normalized spacial score (nSPS) is 12.3. The summed E-state index contributed by atoms with van der Waals surface area (Å²) in [5.74, 6) is 1.93. The molecule has 2 rings (SSSR count). The number of pyridine rings is 2. The molecule has 0 aliphatic rings. The molecule has 170 valence electrons. The summed E-state index contributed by atoms with van der Waals surface area (Å²) in [5, 5.41) is 0. The number of nitrogens with zero attached hydrogens (tertiary/aromatic N) is 4. The third-order valence-corrected chi connectivity index (χ3v) is 5.63. The monoisotopic (exact) mass is 432 g/mol.